The fourth-order valence-corrected chi connectivity index (χ4v) is 1.35. The molecule has 1 amide bonds. The van der Waals surface area contributed by atoms with Crippen LogP contribution in [0.4, 0.5) is 0 Å². The summed E-state index contributed by atoms with van der Waals surface area (Å²) in [4.78, 5) is 11.5. The Morgan fingerprint density at radius 1 is 1.62 bits per heavy atom. The molecule has 0 aliphatic heterocycles. The lowest BCUT2D eigenvalue weighted by Gasteiger charge is -2.13. The van der Waals surface area contributed by atoms with Crippen LogP contribution in [0, 0.1) is 11.8 Å². The predicted molar refractivity (Wildman–Crippen MR) is 53.2 cm³/mol. The van der Waals surface area contributed by atoms with E-state index < -0.39 is 0 Å². The highest BCUT2D eigenvalue weighted by Gasteiger charge is 2.32. The number of nitrogens with one attached hydrogen (secondary N) is 1. The molecule has 0 bridgehead atoms. The van der Waals surface area contributed by atoms with Crippen LogP contribution >= 0.6 is 0 Å². The van der Waals surface area contributed by atoms with Crippen LogP contribution in [-0.4, -0.2) is 18.5 Å². The van der Waals surface area contributed by atoms with Crippen LogP contribution < -0.4 is 11.1 Å². The normalized spacial score (nSPS) is 20.8. The first kappa shape index (κ1) is 10.5. The summed E-state index contributed by atoms with van der Waals surface area (Å²) in [6.45, 7) is 4.65. The fraction of sp³-hybridized carbons (Fsp3) is 0.900. The number of carbonyl (C=O) groups is 1. The van der Waals surface area contributed by atoms with Gasteiger partial charge in [0, 0.05) is 18.5 Å². The molecule has 76 valence electrons. The average Bonchev–Trinajstić information content (AvgIpc) is 2.95. The van der Waals surface area contributed by atoms with E-state index in [0.29, 0.717) is 12.5 Å². The molecule has 13 heavy (non-hydrogen) atoms. The molecule has 2 atom stereocenters. The molecule has 0 radical (unpaired) electrons. The molecule has 1 saturated carbocycles. The Bertz CT molecular complexity index is 178. The molecular formula is C10H20N2O. The number of hydrogen-bond acceptors (Lipinski definition) is 2. The van der Waals surface area contributed by atoms with Gasteiger partial charge in [-0.3, -0.25) is 4.79 Å². The quantitative estimate of drug-likeness (QED) is 0.666. The van der Waals surface area contributed by atoms with Gasteiger partial charge in [-0.25, -0.2) is 0 Å². The molecule has 0 heterocycles. The van der Waals surface area contributed by atoms with Crippen LogP contribution in [0.1, 0.15) is 33.1 Å². The van der Waals surface area contributed by atoms with Crippen molar-refractivity contribution >= 4 is 5.91 Å². The van der Waals surface area contributed by atoms with Crippen molar-refractivity contribution in [2.75, 3.05) is 6.54 Å². The molecule has 3 heteroatoms. The van der Waals surface area contributed by atoms with Crippen LogP contribution in [0.15, 0.2) is 0 Å². The summed E-state index contributed by atoms with van der Waals surface area (Å²) in [5.74, 6) is 0.994. The maximum absolute atomic E-state index is 11.5. The lowest BCUT2D eigenvalue weighted by atomic mass is 10.1. The van der Waals surface area contributed by atoms with Crippen LogP contribution in [0.2, 0.25) is 0 Å². The van der Waals surface area contributed by atoms with Gasteiger partial charge in [0.2, 0.25) is 5.91 Å². The summed E-state index contributed by atoms with van der Waals surface area (Å²) in [7, 11) is 0. The second-order valence-corrected chi connectivity index (χ2v) is 4.04. The van der Waals surface area contributed by atoms with Crippen molar-refractivity contribution in [1.82, 2.24) is 5.32 Å². The smallest absolute Gasteiger partial charge is 0.223 e. The Hall–Kier alpha value is -0.570. The Labute approximate surface area is 80.1 Å². The SMILES string of the molecule is CCC(N)CNC(=O)C(C)C1CC1. The molecule has 1 rings (SSSR count). The van der Waals surface area contributed by atoms with E-state index in [1.807, 2.05) is 13.8 Å². The summed E-state index contributed by atoms with van der Waals surface area (Å²) in [5, 5.41) is 2.89. The number of carbonyl (C=O) groups excluding carboxylic acids is 1. The van der Waals surface area contributed by atoms with Gasteiger partial charge in [-0.15, -0.1) is 0 Å². The van der Waals surface area contributed by atoms with Crippen LogP contribution in [0.3, 0.4) is 0 Å². The molecule has 0 aromatic heterocycles. The Morgan fingerprint density at radius 2 is 2.23 bits per heavy atom. The summed E-state index contributed by atoms with van der Waals surface area (Å²) in [6, 6.07) is 0.107. The van der Waals surface area contributed by atoms with Gasteiger partial charge in [-0.1, -0.05) is 13.8 Å². The molecule has 2 unspecified atom stereocenters. The summed E-state index contributed by atoms with van der Waals surface area (Å²) < 4.78 is 0. The van der Waals surface area contributed by atoms with E-state index in [1.165, 1.54) is 12.8 Å². The van der Waals surface area contributed by atoms with Crippen molar-refractivity contribution in [3.05, 3.63) is 0 Å². The highest BCUT2D eigenvalue weighted by atomic mass is 16.1. The number of nitrogens with two attached hydrogens (primary N) is 1. The van der Waals surface area contributed by atoms with Gasteiger partial charge in [0.05, 0.1) is 0 Å². The number of rotatable bonds is 5. The molecule has 0 saturated heterocycles. The van der Waals surface area contributed by atoms with Crippen molar-refractivity contribution in [3.8, 4) is 0 Å². The van der Waals surface area contributed by atoms with E-state index in [2.05, 4.69) is 5.32 Å². The monoisotopic (exact) mass is 184 g/mol. The highest BCUT2D eigenvalue weighted by Crippen LogP contribution is 2.36. The van der Waals surface area contributed by atoms with Crippen LogP contribution in [0.25, 0.3) is 0 Å². The second-order valence-electron chi connectivity index (χ2n) is 4.04. The molecule has 3 nitrogen and oxygen atoms in total. The van der Waals surface area contributed by atoms with Crippen molar-refractivity contribution in [3.63, 3.8) is 0 Å². The van der Waals surface area contributed by atoms with E-state index in [0.717, 1.165) is 6.42 Å². The molecule has 0 aromatic rings. The van der Waals surface area contributed by atoms with Gasteiger partial charge in [0.15, 0.2) is 0 Å². The average molecular weight is 184 g/mol. The largest absolute Gasteiger partial charge is 0.354 e. The van der Waals surface area contributed by atoms with Gasteiger partial charge in [-0.2, -0.15) is 0 Å². The van der Waals surface area contributed by atoms with Crippen LogP contribution in [0.5, 0.6) is 0 Å². The number of hydrogen-bond donors (Lipinski definition) is 2. The fourth-order valence-electron chi connectivity index (χ4n) is 1.35. The minimum atomic E-state index is 0.107. The Balaban J connectivity index is 2.16. The van der Waals surface area contributed by atoms with Gasteiger partial charge in [0.25, 0.3) is 0 Å². The Morgan fingerprint density at radius 3 is 2.69 bits per heavy atom. The standard InChI is InChI=1S/C10H20N2O/c1-3-9(11)6-12-10(13)7(2)8-4-5-8/h7-9H,3-6,11H2,1-2H3,(H,12,13). The minimum absolute atomic E-state index is 0.107. The lowest BCUT2D eigenvalue weighted by Crippen LogP contribution is -2.39. The zero-order chi connectivity index (χ0) is 9.84. The third-order valence-electron chi connectivity index (χ3n) is 2.81. The van der Waals surface area contributed by atoms with E-state index in [4.69, 9.17) is 5.73 Å². The molecule has 0 aromatic carbocycles. The molecule has 3 N–H and O–H groups in total. The van der Waals surface area contributed by atoms with Gasteiger partial charge >= 0.3 is 0 Å². The van der Waals surface area contributed by atoms with Crippen molar-refractivity contribution in [2.45, 2.75) is 39.2 Å². The van der Waals surface area contributed by atoms with Crippen molar-refractivity contribution < 1.29 is 4.79 Å². The minimum Gasteiger partial charge on any atom is -0.354 e. The summed E-state index contributed by atoms with van der Waals surface area (Å²) in [5.41, 5.74) is 5.70. The lowest BCUT2D eigenvalue weighted by molar-refractivity contribution is -0.125. The number of amides is 1. The summed E-state index contributed by atoms with van der Waals surface area (Å²) >= 11 is 0. The second kappa shape index (κ2) is 4.61. The predicted octanol–water partition coefficient (Wildman–Crippen LogP) is 0.886. The first-order valence-corrected chi connectivity index (χ1v) is 5.18. The molecular weight excluding hydrogens is 164 g/mol. The van der Waals surface area contributed by atoms with Crippen molar-refractivity contribution in [1.29, 1.82) is 0 Å². The Kier molecular flexibility index (Phi) is 3.72. The first-order valence-electron chi connectivity index (χ1n) is 5.18. The van der Waals surface area contributed by atoms with E-state index in [-0.39, 0.29) is 17.9 Å². The van der Waals surface area contributed by atoms with Crippen molar-refractivity contribution in [2.24, 2.45) is 17.6 Å². The molecule has 1 fully saturated rings. The van der Waals surface area contributed by atoms with Gasteiger partial charge in [-0.05, 0) is 25.2 Å². The molecule has 1 aliphatic carbocycles. The van der Waals surface area contributed by atoms with E-state index in [9.17, 15) is 4.79 Å². The van der Waals surface area contributed by atoms with E-state index >= 15 is 0 Å². The van der Waals surface area contributed by atoms with E-state index in [1.54, 1.807) is 0 Å². The third kappa shape index (κ3) is 3.35. The zero-order valence-electron chi connectivity index (χ0n) is 8.55. The third-order valence-corrected chi connectivity index (χ3v) is 2.81. The maximum atomic E-state index is 11.5. The first-order chi connectivity index (χ1) is 6.15. The van der Waals surface area contributed by atoms with Crippen LogP contribution in [-0.2, 0) is 4.79 Å². The topological polar surface area (TPSA) is 55.1 Å². The zero-order valence-corrected chi connectivity index (χ0v) is 8.55. The van der Waals surface area contributed by atoms with Gasteiger partial charge in [0.1, 0.15) is 0 Å². The highest BCUT2D eigenvalue weighted by molar-refractivity contribution is 5.78. The maximum Gasteiger partial charge on any atom is 0.223 e. The molecule has 1 aliphatic rings. The molecule has 0 spiro atoms. The summed E-state index contributed by atoms with van der Waals surface area (Å²) in [6.07, 6.45) is 3.35. The van der Waals surface area contributed by atoms with Gasteiger partial charge < -0.3 is 11.1 Å².